The van der Waals surface area contributed by atoms with Crippen LogP contribution in [-0.2, 0) is 18.7 Å². The van der Waals surface area contributed by atoms with Crippen molar-refractivity contribution in [3.63, 3.8) is 0 Å². The molecule has 3 aromatic rings. The standard InChI is InChI=1S/C18H20N4OS2/c1-23-15-8-5-4-7-14(15)17-19-13(11-24-17)12-25-18-21-20-16-9-3-2-6-10-22(16)18/h4-5,7-8,11H,2-3,6,9-10,12H2,1H3. The van der Waals surface area contributed by atoms with Gasteiger partial charge in [0.2, 0.25) is 0 Å². The highest BCUT2D eigenvalue weighted by atomic mass is 32.2. The fourth-order valence-corrected chi connectivity index (χ4v) is 4.85. The normalized spacial score (nSPS) is 14.1. The monoisotopic (exact) mass is 372 g/mol. The van der Waals surface area contributed by atoms with Crippen LogP contribution in [0.5, 0.6) is 5.75 Å². The van der Waals surface area contributed by atoms with Crippen molar-refractivity contribution in [2.45, 2.75) is 43.1 Å². The Balaban J connectivity index is 1.48. The quantitative estimate of drug-likeness (QED) is 0.620. The van der Waals surface area contributed by atoms with Gasteiger partial charge in [-0.2, -0.15) is 0 Å². The van der Waals surface area contributed by atoms with Crippen LogP contribution < -0.4 is 4.74 Å². The second-order valence-electron chi connectivity index (χ2n) is 5.99. The van der Waals surface area contributed by atoms with E-state index >= 15 is 0 Å². The molecule has 4 rings (SSSR count). The van der Waals surface area contributed by atoms with E-state index in [-0.39, 0.29) is 0 Å². The molecule has 0 saturated carbocycles. The van der Waals surface area contributed by atoms with Crippen molar-refractivity contribution in [2.75, 3.05) is 7.11 Å². The maximum Gasteiger partial charge on any atom is 0.191 e. The average Bonchev–Trinajstić information content (AvgIpc) is 3.20. The van der Waals surface area contributed by atoms with Gasteiger partial charge < -0.3 is 9.30 Å². The van der Waals surface area contributed by atoms with Crippen LogP contribution in [0.2, 0.25) is 0 Å². The number of benzene rings is 1. The summed E-state index contributed by atoms with van der Waals surface area (Å²) < 4.78 is 7.72. The molecule has 0 unspecified atom stereocenters. The molecule has 0 amide bonds. The van der Waals surface area contributed by atoms with Crippen LogP contribution in [0.25, 0.3) is 10.6 Å². The molecule has 0 radical (unpaired) electrons. The first-order chi connectivity index (χ1) is 12.3. The second kappa shape index (κ2) is 7.58. The Bertz CT molecular complexity index is 858. The van der Waals surface area contributed by atoms with Crippen LogP contribution in [0.1, 0.15) is 30.8 Å². The van der Waals surface area contributed by atoms with Crippen molar-refractivity contribution in [1.82, 2.24) is 19.7 Å². The summed E-state index contributed by atoms with van der Waals surface area (Å²) >= 11 is 3.38. The first-order valence-electron chi connectivity index (χ1n) is 8.48. The van der Waals surface area contributed by atoms with Crippen LogP contribution in [0.4, 0.5) is 0 Å². The average molecular weight is 373 g/mol. The number of para-hydroxylation sites is 1. The number of aryl methyl sites for hydroxylation is 1. The number of methoxy groups -OCH3 is 1. The van der Waals surface area contributed by atoms with E-state index < -0.39 is 0 Å². The van der Waals surface area contributed by atoms with Gasteiger partial charge in [0.1, 0.15) is 16.6 Å². The van der Waals surface area contributed by atoms with Gasteiger partial charge in [-0.3, -0.25) is 0 Å². The van der Waals surface area contributed by atoms with E-state index in [4.69, 9.17) is 9.72 Å². The summed E-state index contributed by atoms with van der Waals surface area (Å²) in [7, 11) is 1.69. The zero-order chi connectivity index (χ0) is 17.1. The van der Waals surface area contributed by atoms with Gasteiger partial charge in [-0.25, -0.2) is 4.98 Å². The number of fused-ring (bicyclic) bond motifs is 1. The summed E-state index contributed by atoms with van der Waals surface area (Å²) in [5, 5.41) is 12.9. The van der Waals surface area contributed by atoms with E-state index in [0.29, 0.717) is 0 Å². The Labute approximate surface area is 155 Å². The molecule has 130 valence electrons. The molecule has 7 heteroatoms. The summed E-state index contributed by atoms with van der Waals surface area (Å²) in [6.45, 7) is 1.04. The second-order valence-corrected chi connectivity index (χ2v) is 7.79. The Morgan fingerprint density at radius 1 is 1.20 bits per heavy atom. The number of thioether (sulfide) groups is 1. The van der Waals surface area contributed by atoms with E-state index in [0.717, 1.165) is 51.7 Å². The van der Waals surface area contributed by atoms with E-state index in [1.807, 2.05) is 24.3 Å². The van der Waals surface area contributed by atoms with Gasteiger partial charge in [-0.15, -0.1) is 21.5 Å². The van der Waals surface area contributed by atoms with Crippen molar-refractivity contribution >= 4 is 23.1 Å². The minimum absolute atomic E-state index is 0.809. The number of rotatable bonds is 5. The number of hydrogen-bond donors (Lipinski definition) is 0. The van der Waals surface area contributed by atoms with Gasteiger partial charge in [-0.05, 0) is 25.0 Å². The molecule has 0 aliphatic carbocycles. The van der Waals surface area contributed by atoms with Crippen LogP contribution in [0.3, 0.4) is 0 Å². The third-order valence-corrected chi connectivity index (χ3v) is 6.24. The number of hydrogen-bond acceptors (Lipinski definition) is 6. The van der Waals surface area contributed by atoms with E-state index in [1.165, 1.54) is 19.3 Å². The summed E-state index contributed by atoms with van der Waals surface area (Å²) in [4.78, 5) is 4.78. The molecular formula is C18H20N4OS2. The molecular weight excluding hydrogens is 352 g/mol. The molecule has 0 spiro atoms. The predicted octanol–water partition coefficient (Wildman–Crippen LogP) is 4.43. The molecule has 2 aromatic heterocycles. The molecule has 0 N–H and O–H groups in total. The van der Waals surface area contributed by atoms with Gasteiger partial charge in [-0.1, -0.05) is 30.3 Å². The molecule has 0 atom stereocenters. The zero-order valence-corrected chi connectivity index (χ0v) is 15.8. The van der Waals surface area contributed by atoms with E-state index in [9.17, 15) is 0 Å². The molecule has 1 aliphatic heterocycles. The topological polar surface area (TPSA) is 52.8 Å². The first-order valence-corrected chi connectivity index (χ1v) is 10.3. The molecule has 0 saturated heterocycles. The number of ether oxygens (including phenoxy) is 1. The van der Waals surface area contributed by atoms with Gasteiger partial charge in [0.15, 0.2) is 5.16 Å². The van der Waals surface area contributed by atoms with Crippen molar-refractivity contribution in [2.24, 2.45) is 0 Å². The van der Waals surface area contributed by atoms with Crippen molar-refractivity contribution in [3.05, 3.63) is 41.2 Å². The SMILES string of the molecule is COc1ccccc1-c1nc(CSc2nnc3n2CCCCC3)cs1. The van der Waals surface area contributed by atoms with Crippen LogP contribution >= 0.6 is 23.1 Å². The minimum atomic E-state index is 0.809. The van der Waals surface area contributed by atoms with Gasteiger partial charge in [0.25, 0.3) is 0 Å². The van der Waals surface area contributed by atoms with Crippen molar-refractivity contribution in [1.29, 1.82) is 0 Å². The Morgan fingerprint density at radius 2 is 2.12 bits per heavy atom. The van der Waals surface area contributed by atoms with Crippen LogP contribution in [0, 0.1) is 0 Å². The minimum Gasteiger partial charge on any atom is -0.496 e. The van der Waals surface area contributed by atoms with Crippen molar-refractivity contribution in [3.8, 4) is 16.3 Å². The van der Waals surface area contributed by atoms with Gasteiger partial charge >= 0.3 is 0 Å². The largest absolute Gasteiger partial charge is 0.496 e. The highest BCUT2D eigenvalue weighted by Gasteiger charge is 2.16. The first kappa shape index (κ1) is 16.6. The molecule has 0 fully saturated rings. The molecule has 1 aliphatic rings. The number of thiazole rings is 1. The van der Waals surface area contributed by atoms with Crippen LogP contribution in [0.15, 0.2) is 34.8 Å². The molecule has 25 heavy (non-hydrogen) atoms. The van der Waals surface area contributed by atoms with E-state index in [1.54, 1.807) is 30.2 Å². The Kier molecular flexibility index (Phi) is 5.03. The Morgan fingerprint density at radius 3 is 3.04 bits per heavy atom. The lowest BCUT2D eigenvalue weighted by molar-refractivity contribution is 0.416. The van der Waals surface area contributed by atoms with Gasteiger partial charge in [0, 0.05) is 24.1 Å². The molecule has 3 heterocycles. The molecule has 5 nitrogen and oxygen atoms in total. The van der Waals surface area contributed by atoms with Gasteiger partial charge in [0.05, 0.1) is 18.4 Å². The highest BCUT2D eigenvalue weighted by Crippen LogP contribution is 2.33. The lowest BCUT2D eigenvalue weighted by Crippen LogP contribution is -2.02. The summed E-state index contributed by atoms with van der Waals surface area (Å²) in [5.41, 5.74) is 2.12. The third-order valence-electron chi connectivity index (χ3n) is 4.31. The molecule has 0 bridgehead atoms. The summed E-state index contributed by atoms with van der Waals surface area (Å²) in [6, 6.07) is 8.01. The fraction of sp³-hybridized carbons (Fsp3) is 0.389. The predicted molar refractivity (Wildman–Crippen MR) is 101 cm³/mol. The highest BCUT2D eigenvalue weighted by molar-refractivity contribution is 7.98. The summed E-state index contributed by atoms with van der Waals surface area (Å²) in [5.74, 6) is 2.80. The molecule has 1 aromatic carbocycles. The van der Waals surface area contributed by atoms with E-state index in [2.05, 4.69) is 20.1 Å². The Hall–Kier alpha value is -1.86. The maximum atomic E-state index is 5.44. The van der Waals surface area contributed by atoms with Crippen LogP contribution in [-0.4, -0.2) is 26.9 Å². The fourth-order valence-electron chi connectivity index (χ4n) is 3.02. The van der Waals surface area contributed by atoms with Crippen molar-refractivity contribution < 1.29 is 4.74 Å². The summed E-state index contributed by atoms with van der Waals surface area (Å²) in [6.07, 6.45) is 4.76. The third kappa shape index (κ3) is 3.57. The number of aromatic nitrogens is 4. The maximum absolute atomic E-state index is 5.44. The lowest BCUT2D eigenvalue weighted by atomic mass is 10.2. The smallest absolute Gasteiger partial charge is 0.191 e. The zero-order valence-electron chi connectivity index (χ0n) is 14.1. The number of nitrogens with zero attached hydrogens (tertiary/aromatic N) is 4. The lowest BCUT2D eigenvalue weighted by Gasteiger charge is -2.05.